The molecule has 1 aliphatic heterocycles. The van der Waals surface area contributed by atoms with Crippen molar-refractivity contribution in [2.24, 2.45) is 0 Å². The second kappa shape index (κ2) is 2.75. The van der Waals surface area contributed by atoms with E-state index >= 15 is 0 Å². The van der Waals surface area contributed by atoms with Crippen molar-refractivity contribution < 1.29 is 0 Å². The molecule has 0 amide bonds. The van der Waals surface area contributed by atoms with Gasteiger partial charge >= 0.3 is 0 Å². The highest BCUT2D eigenvalue weighted by atomic mass is 15.1. The number of nitrogens with zero attached hydrogens (tertiary/aromatic N) is 1. The number of rotatable bonds is 0. The fourth-order valence-corrected chi connectivity index (χ4v) is 1.31. The Morgan fingerprint density at radius 1 is 1.42 bits per heavy atom. The van der Waals surface area contributed by atoms with Gasteiger partial charge in [0.2, 0.25) is 0 Å². The maximum Gasteiger partial charge on any atom is 0.0753 e. The summed E-state index contributed by atoms with van der Waals surface area (Å²) < 4.78 is 0. The molecule has 0 atom stereocenters. The summed E-state index contributed by atoms with van der Waals surface area (Å²) in [5.74, 6) is 0. The molecule has 0 bridgehead atoms. The maximum absolute atomic E-state index is 7.02. The van der Waals surface area contributed by atoms with Gasteiger partial charge in [0, 0.05) is 12.5 Å². The zero-order valence-corrected chi connectivity index (χ0v) is 6.54. The average molecular weight is 153 g/mol. The second-order valence-electron chi connectivity index (χ2n) is 2.61. The number of hydrogen-bond acceptors (Lipinski definition) is 1. The van der Waals surface area contributed by atoms with Gasteiger partial charge in [-0.25, -0.2) is 0 Å². The van der Waals surface area contributed by atoms with Crippen LogP contribution in [0.25, 0.3) is 0 Å². The normalized spacial score (nSPS) is 13.8. The molecule has 1 aromatic rings. The van der Waals surface area contributed by atoms with Crippen molar-refractivity contribution in [2.75, 3.05) is 4.90 Å². The van der Waals surface area contributed by atoms with Crippen molar-refractivity contribution in [1.29, 1.82) is 0 Å². The lowest BCUT2D eigenvalue weighted by atomic mass is 10.1. The summed E-state index contributed by atoms with van der Waals surface area (Å²) >= 11 is 0. The van der Waals surface area contributed by atoms with Crippen LogP contribution < -0.4 is 4.90 Å². The lowest BCUT2D eigenvalue weighted by Gasteiger charge is -2.18. The van der Waals surface area contributed by atoms with Gasteiger partial charge in [-0.3, -0.25) is 4.90 Å². The van der Waals surface area contributed by atoms with Gasteiger partial charge in [0.1, 0.15) is 0 Å². The molecular weight excluding hydrogens is 146 g/mol. The number of anilines is 1. The number of fused-ring (bicyclic) bond motifs is 1. The number of hydrogen-bond donors (Lipinski definition) is 0. The first-order chi connectivity index (χ1) is 5.92. The Hall–Kier alpha value is -1.68. The zero-order chi connectivity index (χ0) is 8.39. The summed E-state index contributed by atoms with van der Waals surface area (Å²) in [5.41, 5.74) is 2.23. The standard InChI is InChI=1S/C11H7N/c1-2-12-9-5-7-10-6-3-4-8-11(10)12/h3-6,8H,7H2. The number of allylic oxidation sites excluding steroid dienone is 1. The molecular formula is C11H7N. The molecule has 0 fully saturated rings. The smallest absolute Gasteiger partial charge is 0.0753 e. The van der Waals surface area contributed by atoms with E-state index in [1.165, 1.54) is 5.56 Å². The third-order valence-corrected chi connectivity index (χ3v) is 1.89. The van der Waals surface area contributed by atoms with Gasteiger partial charge in [0.15, 0.2) is 0 Å². The first-order valence-electron chi connectivity index (χ1n) is 3.80. The van der Waals surface area contributed by atoms with Crippen LogP contribution in [-0.2, 0) is 6.42 Å². The Kier molecular flexibility index (Phi) is 1.60. The third kappa shape index (κ3) is 0.981. The Balaban J connectivity index is 2.51. The molecule has 1 nitrogen and oxygen atoms in total. The zero-order valence-electron chi connectivity index (χ0n) is 6.54. The Morgan fingerprint density at radius 3 is 3.08 bits per heavy atom. The monoisotopic (exact) mass is 153 g/mol. The molecule has 2 radical (unpaired) electrons. The fourth-order valence-electron chi connectivity index (χ4n) is 1.31. The average Bonchev–Trinajstić information content (AvgIpc) is 2.17. The van der Waals surface area contributed by atoms with Crippen molar-refractivity contribution in [3.8, 4) is 6.04 Å². The Labute approximate surface area is 72.3 Å². The molecule has 0 spiro atoms. The Bertz CT molecular complexity index is 358. The van der Waals surface area contributed by atoms with Crippen molar-refractivity contribution in [3.05, 3.63) is 48.5 Å². The van der Waals surface area contributed by atoms with Crippen LogP contribution in [0.2, 0.25) is 0 Å². The molecule has 2 rings (SSSR count). The van der Waals surface area contributed by atoms with E-state index < -0.39 is 0 Å². The minimum atomic E-state index is 0.897. The van der Waals surface area contributed by atoms with E-state index in [9.17, 15) is 0 Å². The largest absolute Gasteiger partial charge is 0.267 e. The summed E-state index contributed by atoms with van der Waals surface area (Å²) in [6, 6.07) is 10.3. The molecule has 0 aromatic heterocycles. The molecule has 1 aromatic carbocycles. The summed E-state index contributed by atoms with van der Waals surface area (Å²) in [6.07, 6.45) is 12.8. The molecule has 0 saturated carbocycles. The van der Waals surface area contributed by atoms with Gasteiger partial charge in [0.25, 0.3) is 0 Å². The Morgan fingerprint density at radius 2 is 2.25 bits per heavy atom. The summed E-state index contributed by atoms with van der Waals surface area (Å²) in [4.78, 5) is 1.57. The fraction of sp³-hybridized carbons (Fsp3) is 0.0909. The van der Waals surface area contributed by atoms with E-state index in [0.29, 0.717) is 0 Å². The topological polar surface area (TPSA) is 3.24 Å². The third-order valence-electron chi connectivity index (χ3n) is 1.89. The van der Waals surface area contributed by atoms with Gasteiger partial charge in [0.05, 0.1) is 11.9 Å². The summed E-state index contributed by atoms with van der Waals surface area (Å²) in [5, 5.41) is 0. The van der Waals surface area contributed by atoms with Gasteiger partial charge in [-0.05, 0) is 18.1 Å². The van der Waals surface area contributed by atoms with Gasteiger partial charge in [-0.1, -0.05) is 24.3 Å². The number of para-hydroxylation sites is 1. The summed E-state index contributed by atoms with van der Waals surface area (Å²) in [6.45, 7) is 0. The van der Waals surface area contributed by atoms with Crippen molar-refractivity contribution in [1.82, 2.24) is 0 Å². The predicted octanol–water partition coefficient (Wildman–Crippen LogP) is 1.91. The molecule has 0 aliphatic carbocycles. The predicted molar refractivity (Wildman–Crippen MR) is 47.6 cm³/mol. The summed E-state index contributed by atoms with van der Waals surface area (Å²) in [7, 11) is 0. The van der Waals surface area contributed by atoms with Gasteiger partial charge < -0.3 is 0 Å². The van der Waals surface area contributed by atoms with Crippen LogP contribution in [0.4, 0.5) is 5.69 Å². The van der Waals surface area contributed by atoms with Crippen molar-refractivity contribution in [3.63, 3.8) is 0 Å². The van der Waals surface area contributed by atoms with Crippen molar-refractivity contribution >= 4 is 5.69 Å². The first-order valence-corrected chi connectivity index (χ1v) is 3.80. The van der Waals surface area contributed by atoms with Crippen LogP contribution in [0.5, 0.6) is 0 Å². The molecule has 0 N–H and O–H groups in total. The molecule has 12 heavy (non-hydrogen) atoms. The quantitative estimate of drug-likeness (QED) is 0.515. The van der Waals surface area contributed by atoms with Crippen LogP contribution in [0.1, 0.15) is 5.56 Å². The highest BCUT2D eigenvalue weighted by Gasteiger charge is 2.09. The minimum Gasteiger partial charge on any atom is -0.267 e. The van der Waals surface area contributed by atoms with E-state index in [2.05, 4.69) is 18.3 Å². The highest BCUT2D eigenvalue weighted by molar-refractivity contribution is 5.60. The van der Waals surface area contributed by atoms with Crippen LogP contribution in [0.15, 0.2) is 30.3 Å². The van der Waals surface area contributed by atoms with Crippen LogP contribution in [-0.4, -0.2) is 0 Å². The van der Waals surface area contributed by atoms with Crippen LogP contribution >= 0.6 is 0 Å². The first kappa shape index (κ1) is 7.00. The lowest BCUT2D eigenvalue weighted by molar-refractivity contribution is 1.12. The molecule has 0 unspecified atom stereocenters. The van der Waals surface area contributed by atoms with E-state index in [1.807, 2.05) is 24.3 Å². The molecule has 0 saturated heterocycles. The van der Waals surface area contributed by atoms with Crippen molar-refractivity contribution in [2.45, 2.75) is 6.42 Å². The van der Waals surface area contributed by atoms with Gasteiger partial charge in [-0.2, -0.15) is 0 Å². The maximum atomic E-state index is 7.02. The van der Waals surface area contributed by atoms with Crippen LogP contribution in [0.3, 0.4) is 0 Å². The molecule has 1 aliphatic rings. The molecule has 56 valence electrons. The van der Waals surface area contributed by atoms with Gasteiger partial charge in [-0.15, -0.1) is 0 Å². The molecule has 1 heterocycles. The minimum absolute atomic E-state index is 0.897. The SMILES string of the molecule is [C]#CN1[C]=CCc2ccccc21. The highest BCUT2D eigenvalue weighted by Crippen LogP contribution is 2.23. The van der Waals surface area contributed by atoms with E-state index in [4.69, 9.17) is 6.42 Å². The van der Waals surface area contributed by atoms with Crippen LogP contribution in [0, 0.1) is 18.7 Å². The lowest BCUT2D eigenvalue weighted by Crippen LogP contribution is -2.13. The molecule has 1 heteroatoms. The van der Waals surface area contributed by atoms with E-state index in [-0.39, 0.29) is 0 Å². The van der Waals surface area contributed by atoms with E-state index in [0.717, 1.165) is 12.1 Å². The number of benzene rings is 1. The van der Waals surface area contributed by atoms with E-state index in [1.54, 1.807) is 4.90 Å². The second-order valence-corrected chi connectivity index (χ2v) is 2.61.